The lowest BCUT2D eigenvalue weighted by Gasteiger charge is -2.71. The summed E-state index contributed by atoms with van der Waals surface area (Å²) in [7, 11) is 0. The van der Waals surface area contributed by atoms with E-state index < -0.39 is 22.7 Å². The molecule has 5 aliphatic rings. The van der Waals surface area contributed by atoms with Gasteiger partial charge in [0.1, 0.15) is 6.04 Å². The van der Waals surface area contributed by atoms with E-state index in [1.165, 1.54) is 5.57 Å². The third-order valence-corrected chi connectivity index (χ3v) is 16.2. The number of carboxylic acids is 1. The number of carboxylic acid groups (broad SMARTS) is 1. The van der Waals surface area contributed by atoms with Crippen molar-refractivity contribution in [2.24, 2.45) is 62.6 Å². The molecule has 4 aliphatic carbocycles. The maximum atomic E-state index is 13.6. The second kappa shape index (κ2) is 12.5. The Bertz CT molecular complexity index is 1480. The predicted octanol–water partition coefficient (Wildman–Crippen LogP) is 7.18. The molecule has 6 rings (SSSR count). The van der Waals surface area contributed by atoms with Gasteiger partial charge >= 0.3 is 5.97 Å². The molecule has 0 aromatic carbocycles. The lowest BCUT2D eigenvalue weighted by atomic mass is 9.34. The molecule has 0 amide bonds. The number of nitrogens with one attached hydrogen (secondary N) is 1. The van der Waals surface area contributed by atoms with Crippen molar-refractivity contribution in [3.05, 3.63) is 11.6 Å². The van der Waals surface area contributed by atoms with E-state index in [1.807, 2.05) is 0 Å². The van der Waals surface area contributed by atoms with Gasteiger partial charge in [-0.25, -0.2) is 0 Å². The van der Waals surface area contributed by atoms with Crippen molar-refractivity contribution in [3.63, 3.8) is 0 Å². The van der Waals surface area contributed by atoms with Crippen LogP contribution in [0.15, 0.2) is 11.6 Å². The van der Waals surface area contributed by atoms with Gasteiger partial charge in [-0.2, -0.15) is 4.80 Å². The number of nitrogens with zero attached hydrogens (tertiary/aromatic N) is 4. The number of nitrogens with two attached hydrogens (primary N) is 1. The highest BCUT2D eigenvalue weighted by Gasteiger charge is 2.73. The first kappa shape index (κ1) is 37.7. The summed E-state index contributed by atoms with van der Waals surface area (Å²) in [5.41, 5.74) is 5.90. The molecule has 1 saturated heterocycles. The van der Waals surface area contributed by atoms with E-state index in [2.05, 4.69) is 110 Å². The van der Waals surface area contributed by atoms with Crippen LogP contribution in [0.4, 0.5) is 5.95 Å². The fourth-order valence-electron chi connectivity index (χ4n) is 12.8. The molecular formula is C40H68N6O4. The number of tetrazole rings is 1. The fraction of sp³-hybridized carbons (Fsp3) is 0.900. The van der Waals surface area contributed by atoms with Gasteiger partial charge in [0.05, 0.1) is 31.8 Å². The highest BCUT2D eigenvalue weighted by atomic mass is 16.5. The first-order valence-electron chi connectivity index (χ1n) is 19.7. The Labute approximate surface area is 301 Å². The number of fused-ring (bicyclic) bond motifs is 3. The molecule has 3 saturated carbocycles. The molecule has 10 nitrogen and oxygen atoms in total. The van der Waals surface area contributed by atoms with Gasteiger partial charge in [0, 0.05) is 17.0 Å². The van der Waals surface area contributed by atoms with E-state index in [-0.39, 0.29) is 45.8 Å². The van der Waals surface area contributed by atoms with Crippen molar-refractivity contribution in [1.29, 1.82) is 0 Å². The summed E-state index contributed by atoms with van der Waals surface area (Å²) in [4.78, 5) is 15.3. The highest BCUT2D eigenvalue weighted by Crippen LogP contribution is 2.75. The van der Waals surface area contributed by atoms with Crippen molar-refractivity contribution < 1.29 is 19.4 Å². The minimum atomic E-state index is -0.634. The molecule has 1 aromatic heterocycles. The van der Waals surface area contributed by atoms with Crippen molar-refractivity contribution in [3.8, 4) is 0 Å². The number of allylic oxidation sites excluding steroid dienone is 1. The van der Waals surface area contributed by atoms with E-state index >= 15 is 0 Å². The number of carbonyl (C=O) groups is 1. The first-order chi connectivity index (χ1) is 23.2. The maximum absolute atomic E-state index is 13.6. The van der Waals surface area contributed by atoms with Crippen LogP contribution in [0.2, 0.25) is 0 Å². The number of nitrogen functional groups attached to an aromatic ring is 1. The van der Waals surface area contributed by atoms with Crippen molar-refractivity contribution in [2.45, 2.75) is 145 Å². The Morgan fingerprint density at radius 3 is 2.38 bits per heavy atom. The second-order valence-electron chi connectivity index (χ2n) is 19.7. The number of hydrogen-bond acceptors (Lipinski definition) is 8. The molecule has 0 radical (unpaired) electrons. The summed E-state index contributed by atoms with van der Waals surface area (Å²) in [6.45, 7) is 29.2. The average molecular weight is 697 g/mol. The minimum Gasteiger partial charge on any atom is -0.481 e. The summed E-state index contributed by atoms with van der Waals surface area (Å²) in [6, 6.07) is 0.127. The number of anilines is 1. The normalized spacial score (nSPS) is 43.1. The Morgan fingerprint density at radius 1 is 1.10 bits per heavy atom. The zero-order valence-corrected chi connectivity index (χ0v) is 33.2. The second-order valence-corrected chi connectivity index (χ2v) is 19.7. The molecular weight excluding hydrogens is 628 g/mol. The largest absolute Gasteiger partial charge is 0.481 e. The van der Waals surface area contributed by atoms with Gasteiger partial charge in [0.25, 0.3) is 5.95 Å². The van der Waals surface area contributed by atoms with E-state index in [9.17, 15) is 9.90 Å². The third kappa shape index (κ3) is 5.34. The lowest BCUT2D eigenvalue weighted by molar-refractivity contribution is -0.256. The van der Waals surface area contributed by atoms with Crippen molar-refractivity contribution >= 4 is 11.9 Å². The molecule has 1 aromatic rings. The summed E-state index contributed by atoms with van der Waals surface area (Å²) < 4.78 is 14.2. The first-order valence-corrected chi connectivity index (χ1v) is 19.7. The van der Waals surface area contributed by atoms with Crippen LogP contribution in [0.25, 0.3) is 0 Å². The van der Waals surface area contributed by atoms with Crippen molar-refractivity contribution in [2.75, 3.05) is 25.6 Å². The maximum Gasteiger partial charge on any atom is 0.307 e. The van der Waals surface area contributed by atoms with Gasteiger partial charge in [-0.1, -0.05) is 92.9 Å². The van der Waals surface area contributed by atoms with Crippen LogP contribution < -0.4 is 11.1 Å². The SMILES string of the molecule is CC(C)N[C@@](C)(CO[C@H]1[C@H](n2nnc(N)n2)C[C@]2(C)COC[C@@]13C1=CC[C@@]4(C)[C@H](C(=O)O)[C@@](C)([C@H](C)C(C)C)CC[C@]4(C)[C@H]1CC[C@H]23)C(C)C. The van der Waals surface area contributed by atoms with Crippen LogP contribution >= 0.6 is 0 Å². The Balaban J connectivity index is 1.51. The van der Waals surface area contributed by atoms with Crippen LogP contribution in [0.1, 0.15) is 128 Å². The topological polar surface area (TPSA) is 137 Å². The lowest BCUT2D eigenvalue weighted by Crippen LogP contribution is -2.70. The minimum absolute atomic E-state index is 0.113. The fourth-order valence-corrected chi connectivity index (χ4v) is 12.8. The molecule has 12 atom stereocenters. The molecule has 0 spiro atoms. The molecule has 282 valence electrons. The van der Waals surface area contributed by atoms with Gasteiger partial charge in [0.15, 0.2) is 0 Å². The average Bonchev–Trinajstić information content (AvgIpc) is 3.45. The Morgan fingerprint density at radius 2 is 1.80 bits per heavy atom. The van der Waals surface area contributed by atoms with E-state index in [0.717, 1.165) is 38.5 Å². The van der Waals surface area contributed by atoms with Crippen LogP contribution in [-0.2, 0) is 14.3 Å². The highest BCUT2D eigenvalue weighted by molar-refractivity contribution is 5.73. The smallest absolute Gasteiger partial charge is 0.307 e. The quantitative estimate of drug-likeness (QED) is 0.217. The molecule has 10 heteroatoms. The molecule has 4 N–H and O–H groups in total. The van der Waals surface area contributed by atoms with Gasteiger partial charge in [-0.05, 0) is 102 Å². The van der Waals surface area contributed by atoms with E-state index in [1.54, 1.807) is 4.80 Å². The Hall–Kier alpha value is -2.04. The Kier molecular flexibility index (Phi) is 9.45. The monoisotopic (exact) mass is 697 g/mol. The van der Waals surface area contributed by atoms with Crippen molar-refractivity contribution in [1.82, 2.24) is 25.5 Å². The predicted molar refractivity (Wildman–Crippen MR) is 196 cm³/mol. The van der Waals surface area contributed by atoms with Crippen LogP contribution in [0.3, 0.4) is 0 Å². The molecule has 50 heavy (non-hydrogen) atoms. The number of aliphatic carboxylic acids is 1. The van der Waals surface area contributed by atoms with Gasteiger partial charge < -0.3 is 25.6 Å². The summed E-state index contributed by atoms with van der Waals surface area (Å²) >= 11 is 0. The number of ether oxygens (including phenoxy) is 2. The number of rotatable bonds is 10. The van der Waals surface area contributed by atoms with E-state index in [0.29, 0.717) is 49.5 Å². The van der Waals surface area contributed by atoms with Gasteiger partial charge in [-0.15, -0.1) is 5.10 Å². The molecule has 2 bridgehead atoms. The molecule has 4 fully saturated rings. The van der Waals surface area contributed by atoms with E-state index in [4.69, 9.17) is 15.2 Å². The standard InChI is InChI=1S/C40H68N6O4/c1-23(2)26(7)36(9)17-18-37(10)27-13-14-30-35(8)19-29(46-44-34(41)43-45-46)32(50-21-39(12,24(3)4)42-25(5)6)40(30,22-49-20-35)28(27)15-16-38(37,11)31(36)33(47)48/h15,23-27,29-32,42H,13-14,16-22H2,1-12H3,(H2,41,44)(H,47,48)/t26-,27+,29-,30-,31-,32+,35-,36-,37-,38+,39+,40+/m1/s1. The number of aromatic nitrogens is 4. The summed E-state index contributed by atoms with van der Waals surface area (Å²) in [5.74, 6) is 0.729. The van der Waals surface area contributed by atoms with Gasteiger partial charge in [-0.3, -0.25) is 4.79 Å². The molecule has 0 unspecified atom stereocenters. The van der Waals surface area contributed by atoms with Gasteiger partial charge in [0.2, 0.25) is 0 Å². The zero-order valence-electron chi connectivity index (χ0n) is 33.2. The van der Waals surface area contributed by atoms with Crippen LogP contribution in [0, 0.1) is 62.6 Å². The molecule has 1 aliphatic heterocycles. The molecule has 2 heterocycles. The summed E-state index contributed by atoms with van der Waals surface area (Å²) in [5, 5.41) is 28.2. The summed E-state index contributed by atoms with van der Waals surface area (Å²) in [6.07, 6.45) is 7.84. The van der Waals surface area contributed by atoms with Crippen LogP contribution in [-0.4, -0.2) is 68.8 Å². The third-order valence-electron chi connectivity index (χ3n) is 16.2. The zero-order chi connectivity index (χ0) is 36.8. The number of hydrogen-bond donors (Lipinski definition) is 3. The van der Waals surface area contributed by atoms with Crippen LogP contribution in [0.5, 0.6) is 0 Å².